The molecule has 0 bridgehead atoms. The van der Waals surface area contributed by atoms with Crippen LogP contribution in [0.3, 0.4) is 0 Å². The van der Waals surface area contributed by atoms with E-state index in [9.17, 15) is 29.8 Å². The van der Waals surface area contributed by atoms with Gasteiger partial charge >= 0.3 is 12.1 Å². The Kier molecular flexibility index (Phi) is 7.18. The van der Waals surface area contributed by atoms with Crippen LogP contribution >= 0.6 is 0 Å². The van der Waals surface area contributed by atoms with Crippen LogP contribution in [0, 0.1) is 27.2 Å². The SMILES string of the molecule is [CH2]C(NC(=O)OCc1ccc([N+](=O)[O-])cc1)C(=O)OCc1ccc([N+](=O)[O-])cc1. The first-order chi connectivity index (χ1) is 13.8. The number of alkyl carbamates (subject to hydrolysis) is 1. The zero-order valence-corrected chi connectivity index (χ0v) is 15.0. The first-order valence-corrected chi connectivity index (χ1v) is 8.16. The standard InChI is InChI=1S/C18H16N3O8/c1-12(17(22)28-10-13-2-6-15(7-3-13)20(24)25)19-18(23)29-11-14-4-8-16(9-5-14)21(26)27/h2-9,12H,1,10-11H2,(H,19,23). The number of nitrogens with zero attached hydrogens (tertiary/aromatic N) is 2. The van der Waals surface area contributed by atoms with Gasteiger partial charge in [0.25, 0.3) is 11.4 Å². The summed E-state index contributed by atoms with van der Waals surface area (Å²) in [7, 11) is 0. The van der Waals surface area contributed by atoms with Crippen molar-refractivity contribution in [1.82, 2.24) is 5.32 Å². The quantitative estimate of drug-likeness (QED) is 0.402. The molecule has 0 aliphatic heterocycles. The predicted octanol–water partition coefficient (Wildman–Crippen LogP) is 2.68. The van der Waals surface area contributed by atoms with Crippen molar-refractivity contribution in [3.8, 4) is 0 Å². The van der Waals surface area contributed by atoms with E-state index < -0.39 is 28.0 Å². The van der Waals surface area contributed by atoms with Gasteiger partial charge in [-0.2, -0.15) is 0 Å². The van der Waals surface area contributed by atoms with E-state index >= 15 is 0 Å². The number of nitro groups is 2. The number of esters is 1. The molecular formula is C18H16N3O8. The number of carbonyl (C=O) groups excluding carboxylic acids is 2. The van der Waals surface area contributed by atoms with E-state index in [1.807, 2.05) is 0 Å². The monoisotopic (exact) mass is 402 g/mol. The summed E-state index contributed by atoms with van der Waals surface area (Å²) in [4.78, 5) is 43.7. The second kappa shape index (κ2) is 9.78. The van der Waals surface area contributed by atoms with Crippen molar-refractivity contribution in [2.45, 2.75) is 19.3 Å². The fraction of sp³-hybridized carbons (Fsp3) is 0.167. The van der Waals surface area contributed by atoms with Gasteiger partial charge in [-0.1, -0.05) is 0 Å². The number of benzene rings is 2. The van der Waals surface area contributed by atoms with Gasteiger partial charge in [0.05, 0.1) is 9.85 Å². The van der Waals surface area contributed by atoms with Crippen molar-refractivity contribution < 1.29 is 28.9 Å². The molecule has 11 nitrogen and oxygen atoms in total. The van der Waals surface area contributed by atoms with Gasteiger partial charge in [0.15, 0.2) is 0 Å². The molecule has 0 fully saturated rings. The van der Waals surface area contributed by atoms with E-state index in [-0.39, 0.29) is 24.6 Å². The van der Waals surface area contributed by atoms with E-state index in [2.05, 4.69) is 12.2 Å². The van der Waals surface area contributed by atoms with Crippen LogP contribution in [0.1, 0.15) is 11.1 Å². The second-order valence-electron chi connectivity index (χ2n) is 5.73. The summed E-state index contributed by atoms with van der Waals surface area (Å²) >= 11 is 0. The fourth-order valence-electron chi connectivity index (χ4n) is 2.07. The Morgan fingerprint density at radius 1 is 0.862 bits per heavy atom. The first-order valence-electron chi connectivity index (χ1n) is 8.16. The smallest absolute Gasteiger partial charge is 0.408 e. The van der Waals surface area contributed by atoms with Crippen molar-refractivity contribution in [2.75, 3.05) is 0 Å². The Labute approximate surface area is 164 Å². The zero-order chi connectivity index (χ0) is 21.4. The van der Waals surface area contributed by atoms with Crippen LogP contribution in [0.4, 0.5) is 16.2 Å². The van der Waals surface area contributed by atoms with Crippen molar-refractivity contribution in [3.05, 3.63) is 86.8 Å². The number of hydrogen-bond donors (Lipinski definition) is 1. The number of carbonyl (C=O) groups is 2. The molecule has 0 aliphatic rings. The Bertz CT molecular complexity index is 896. The average Bonchev–Trinajstić information content (AvgIpc) is 2.71. The predicted molar refractivity (Wildman–Crippen MR) is 98.5 cm³/mol. The van der Waals surface area contributed by atoms with Crippen LogP contribution in [0.5, 0.6) is 0 Å². The van der Waals surface area contributed by atoms with Gasteiger partial charge in [-0.25, -0.2) is 9.59 Å². The minimum atomic E-state index is -1.24. The normalized spacial score (nSPS) is 11.2. The molecule has 0 saturated carbocycles. The molecule has 0 aliphatic carbocycles. The third kappa shape index (κ3) is 6.57. The van der Waals surface area contributed by atoms with Crippen molar-refractivity contribution >= 4 is 23.4 Å². The maximum atomic E-state index is 11.9. The number of non-ortho nitro benzene ring substituents is 2. The maximum absolute atomic E-state index is 11.9. The number of ether oxygens (including phenoxy) is 2. The van der Waals surface area contributed by atoms with Crippen molar-refractivity contribution in [2.24, 2.45) is 0 Å². The molecule has 151 valence electrons. The minimum Gasteiger partial charge on any atom is -0.459 e. The lowest BCUT2D eigenvalue weighted by Crippen LogP contribution is -2.40. The number of amides is 1. The number of nitrogens with one attached hydrogen (secondary N) is 1. The molecule has 2 aromatic rings. The molecule has 1 radical (unpaired) electrons. The van der Waals surface area contributed by atoms with Crippen LogP contribution < -0.4 is 5.32 Å². The van der Waals surface area contributed by atoms with Crippen LogP contribution in [0.25, 0.3) is 0 Å². The first kappa shape index (κ1) is 21.3. The summed E-state index contributed by atoms with van der Waals surface area (Å²) in [5.74, 6) is -0.823. The maximum Gasteiger partial charge on any atom is 0.408 e. The highest BCUT2D eigenvalue weighted by Gasteiger charge is 2.18. The molecule has 2 aromatic carbocycles. The summed E-state index contributed by atoms with van der Waals surface area (Å²) in [6, 6.07) is 9.61. The molecule has 11 heteroatoms. The lowest BCUT2D eigenvalue weighted by atomic mass is 10.2. The van der Waals surface area contributed by atoms with E-state index in [0.29, 0.717) is 11.1 Å². The Hall–Kier alpha value is -4.02. The molecule has 0 aromatic heterocycles. The molecule has 0 spiro atoms. The molecule has 1 unspecified atom stereocenters. The van der Waals surface area contributed by atoms with E-state index in [1.54, 1.807) is 0 Å². The fourth-order valence-corrected chi connectivity index (χ4v) is 2.07. The summed E-state index contributed by atoms with van der Waals surface area (Å²) in [5, 5.41) is 23.4. The molecule has 29 heavy (non-hydrogen) atoms. The lowest BCUT2D eigenvalue weighted by molar-refractivity contribution is -0.385. The molecule has 0 heterocycles. The Balaban J connectivity index is 1.75. The van der Waals surface area contributed by atoms with Gasteiger partial charge in [0, 0.05) is 24.3 Å². The zero-order valence-electron chi connectivity index (χ0n) is 15.0. The molecule has 1 N–H and O–H groups in total. The number of rotatable bonds is 8. The highest BCUT2D eigenvalue weighted by molar-refractivity contribution is 5.81. The van der Waals surface area contributed by atoms with Crippen LogP contribution in [0.2, 0.25) is 0 Å². The van der Waals surface area contributed by atoms with Gasteiger partial charge in [-0.15, -0.1) is 0 Å². The lowest BCUT2D eigenvalue weighted by Gasteiger charge is -2.13. The third-order valence-electron chi connectivity index (χ3n) is 3.62. The van der Waals surface area contributed by atoms with Gasteiger partial charge in [-0.3, -0.25) is 20.2 Å². The number of nitro benzene ring substituents is 2. The van der Waals surface area contributed by atoms with Gasteiger partial charge in [0.1, 0.15) is 19.3 Å². The molecule has 1 atom stereocenters. The molecular weight excluding hydrogens is 386 g/mol. The second-order valence-corrected chi connectivity index (χ2v) is 5.73. The van der Waals surface area contributed by atoms with Gasteiger partial charge in [0.2, 0.25) is 0 Å². The summed E-state index contributed by atoms with van der Waals surface area (Å²) in [6.45, 7) is 3.15. The summed E-state index contributed by atoms with van der Waals surface area (Å²) in [5.41, 5.74) is 0.864. The van der Waals surface area contributed by atoms with Gasteiger partial charge in [-0.05, 0) is 42.3 Å². The molecule has 2 rings (SSSR count). The van der Waals surface area contributed by atoms with Gasteiger partial charge < -0.3 is 14.8 Å². The average molecular weight is 402 g/mol. The largest absolute Gasteiger partial charge is 0.459 e. The highest BCUT2D eigenvalue weighted by atomic mass is 16.6. The van der Waals surface area contributed by atoms with E-state index in [4.69, 9.17) is 9.47 Å². The van der Waals surface area contributed by atoms with Crippen molar-refractivity contribution in [1.29, 1.82) is 0 Å². The van der Waals surface area contributed by atoms with E-state index in [1.165, 1.54) is 48.5 Å². The van der Waals surface area contributed by atoms with Crippen LogP contribution in [-0.2, 0) is 27.5 Å². The van der Waals surface area contributed by atoms with Crippen LogP contribution in [0.15, 0.2) is 48.5 Å². The van der Waals surface area contributed by atoms with E-state index in [0.717, 1.165) is 0 Å². The van der Waals surface area contributed by atoms with Crippen LogP contribution in [-0.4, -0.2) is 28.0 Å². The highest BCUT2D eigenvalue weighted by Crippen LogP contribution is 2.13. The summed E-state index contributed by atoms with van der Waals surface area (Å²) < 4.78 is 9.90. The molecule has 0 saturated heterocycles. The van der Waals surface area contributed by atoms with Crippen molar-refractivity contribution in [3.63, 3.8) is 0 Å². The minimum absolute atomic E-state index is 0.0902. The third-order valence-corrected chi connectivity index (χ3v) is 3.62. The Morgan fingerprint density at radius 3 is 1.69 bits per heavy atom. The molecule has 1 amide bonds. The topological polar surface area (TPSA) is 151 Å². The summed E-state index contributed by atoms with van der Waals surface area (Å²) in [6.07, 6.45) is -0.921. The number of hydrogen-bond acceptors (Lipinski definition) is 8. The Morgan fingerprint density at radius 2 is 1.28 bits per heavy atom.